The van der Waals surface area contributed by atoms with Crippen molar-refractivity contribution in [3.05, 3.63) is 101 Å². The van der Waals surface area contributed by atoms with Gasteiger partial charge in [-0.1, -0.05) is 68.4 Å². The van der Waals surface area contributed by atoms with Gasteiger partial charge in [0.1, 0.15) is 0 Å². The SMILES string of the molecule is CN(C)c1ccc([C@H]2C3=C(CC(C)(C)CC3=O)Nc3ccccc3N2CCc2ccccc2)cc1. The van der Waals surface area contributed by atoms with Gasteiger partial charge in [-0.05, 0) is 53.6 Å². The van der Waals surface area contributed by atoms with E-state index >= 15 is 0 Å². The van der Waals surface area contributed by atoms with Crippen molar-refractivity contribution in [1.82, 2.24) is 0 Å². The monoisotopic (exact) mass is 465 g/mol. The van der Waals surface area contributed by atoms with Crippen molar-refractivity contribution in [2.24, 2.45) is 5.41 Å². The molecular formula is C31H35N3O. The maximum absolute atomic E-state index is 13.8. The molecule has 1 atom stereocenters. The molecule has 180 valence electrons. The van der Waals surface area contributed by atoms with Crippen molar-refractivity contribution in [2.75, 3.05) is 35.8 Å². The zero-order valence-electron chi connectivity index (χ0n) is 21.2. The highest BCUT2D eigenvalue weighted by Gasteiger charge is 2.41. The van der Waals surface area contributed by atoms with Gasteiger partial charge in [0.2, 0.25) is 0 Å². The number of allylic oxidation sites excluding steroid dienone is 1. The number of hydrogen-bond acceptors (Lipinski definition) is 4. The second-order valence-corrected chi connectivity index (χ2v) is 10.8. The minimum absolute atomic E-state index is 0.0591. The number of nitrogens with zero attached hydrogens (tertiary/aromatic N) is 2. The lowest BCUT2D eigenvalue weighted by molar-refractivity contribution is -0.118. The Hall–Kier alpha value is -3.53. The molecule has 0 unspecified atom stereocenters. The highest BCUT2D eigenvalue weighted by Crippen LogP contribution is 2.48. The molecule has 3 aromatic carbocycles. The van der Waals surface area contributed by atoms with Crippen molar-refractivity contribution in [3.63, 3.8) is 0 Å². The largest absolute Gasteiger partial charge is 0.378 e. The standard InChI is InChI=1S/C31H35N3O/c1-31(2)20-26-29(28(35)21-31)30(23-14-16-24(17-15-23)33(3)4)34(19-18-22-10-6-5-7-11-22)27-13-9-8-12-25(27)32-26/h5-17,30,32H,18-21H2,1-4H3/t30-/m0/s1. The Morgan fingerprint density at radius 3 is 2.31 bits per heavy atom. The molecule has 4 heteroatoms. The first-order valence-corrected chi connectivity index (χ1v) is 12.5. The highest BCUT2D eigenvalue weighted by atomic mass is 16.1. The summed E-state index contributed by atoms with van der Waals surface area (Å²) in [6.45, 7) is 5.21. The first-order valence-electron chi connectivity index (χ1n) is 12.5. The van der Waals surface area contributed by atoms with Gasteiger partial charge >= 0.3 is 0 Å². The van der Waals surface area contributed by atoms with Crippen LogP contribution in [0.3, 0.4) is 0 Å². The summed E-state index contributed by atoms with van der Waals surface area (Å²) >= 11 is 0. The molecule has 0 saturated carbocycles. The molecule has 1 heterocycles. The lowest BCUT2D eigenvalue weighted by Crippen LogP contribution is -2.37. The van der Waals surface area contributed by atoms with E-state index in [9.17, 15) is 4.79 Å². The third-order valence-corrected chi connectivity index (χ3v) is 7.21. The summed E-state index contributed by atoms with van der Waals surface area (Å²) in [5.41, 5.74) is 7.76. The summed E-state index contributed by atoms with van der Waals surface area (Å²) < 4.78 is 0. The second kappa shape index (κ2) is 9.26. The van der Waals surface area contributed by atoms with Gasteiger partial charge in [-0.2, -0.15) is 0 Å². The molecule has 0 radical (unpaired) electrons. The summed E-state index contributed by atoms with van der Waals surface area (Å²) in [6.07, 6.45) is 2.34. The normalized spacial score (nSPS) is 18.9. The molecule has 3 aromatic rings. The van der Waals surface area contributed by atoms with Gasteiger partial charge in [-0.3, -0.25) is 4.79 Å². The molecular weight excluding hydrogens is 430 g/mol. The van der Waals surface area contributed by atoms with Gasteiger partial charge in [0.05, 0.1) is 17.4 Å². The number of ketones is 1. The number of carbonyl (C=O) groups excluding carboxylic acids is 1. The molecule has 2 aliphatic rings. The third kappa shape index (κ3) is 4.70. The van der Waals surface area contributed by atoms with Gasteiger partial charge in [-0.25, -0.2) is 0 Å². The Balaban J connectivity index is 1.66. The van der Waals surface area contributed by atoms with Crippen molar-refractivity contribution >= 4 is 22.8 Å². The Labute approximate surface area is 209 Å². The summed E-state index contributed by atoms with van der Waals surface area (Å²) in [5.74, 6) is 0.253. The van der Waals surface area contributed by atoms with E-state index in [0.29, 0.717) is 6.42 Å². The lowest BCUT2D eigenvalue weighted by Gasteiger charge is -2.38. The predicted molar refractivity (Wildman–Crippen MR) is 146 cm³/mol. The molecule has 0 spiro atoms. The first-order chi connectivity index (χ1) is 16.8. The van der Waals surface area contributed by atoms with Crippen LogP contribution >= 0.6 is 0 Å². The summed E-state index contributed by atoms with van der Waals surface area (Å²) in [4.78, 5) is 18.3. The third-order valence-electron chi connectivity index (χ3n) is 7.21. The molecule has 0 fully saturated rings. The zero-order valence-corrected chi connectivity index (χ0v) is 21.2. The Bertz CT molecular complexity index is 1240. The fourth-order valence-corrected chi connectivity index (χ4v) is 5.50. The van der Waals surface area contributed by atoms with Crippen LogP contribution in [0.1, 0.15) is 43.9 Å². The molecule has 35 heavy (non-hydrogen) atoms. The number of benzene rings is 3. The van der Waals surface area contributed by atoms with E-state index in [1.807, 2.05) is 0 Å². The van der Waals surface area contributed by atoms with Gasteiger partial charge in [0.25, 0.3) is 0 Å². The van der Waals surface area contributed by atoms with Crippen LogP contribution in [-0.2, 0) is 11.2 Å². The fourth-order valence-electron chi connectivity index (χ4n) is 5.50. The minimum Gasteiger partial charge on any atom is -0.378 e. The van der Waals surface area contributed by atoms with E-state index in [1.165, 1.54) is 5.56 Å². The topological polar surface area (TPSA) is 35.6 Å². The number of rotatable bonds is 5. The van der Waals surface area contributed by atoms with Crippen LogP contribution in [0.2, 0.25) is 0 Å². The molecule has 4 nitrogen and oxygen atoms in total. The molecule has 1 aliphatic carbocycles. The molecule has 0 amide bonds. The lowest BCUT2D eigenvalue weighted by atomic mass is 9.73. The van der Waals surface area contributed by atoms with Gasteiger partial charge in [0, 0.05) is 44.0 Å². The van der Waals surface area contributed by atoms with Crippen LogP contribution in [0, 0.1) is 5.41 Å². The number of anilines is 3. The van der Waals surface area contributed by atoms with Crippen molar-refractivity contribution in [2.45, 2.75) is 39.2 Å². The van der Waals surface area contributed by atoms with Gasteiger partial charge < -0.3 is 15.1 Å². The molecule has 1 N–H and O–H groups in total. The number of Topliss-reactive ketones (excluding diaryl/α,β-unsaturated/α-hetero) is 1. The number of carbonyl (C=O) groups is 1. The average molecular weight is 466 g/mol. The molecule has 0 saturated heterocycles. The smallest absolute Gasteiger partial charge is 0.163 e. The van der Waals surface area contributed by atoms with Crippen molar-refractivity contribution in [1.29, 1.82) is 0 Å². The molecule has 5 rings (SSSR count). The van der Waals surface area contributed by atoms with Crippen molar-refractivity contribution < 1.29 is 4.79 Å². The first kappa shape index (κ1) is 23.2. The van der Waals surface area contributed by atoms with Gasteiger partial charge in [0.15, 0.2) is 5.78 Å². The molecule has 0 aromatic heterocycles. The molecule has 0 bridgehead atoms. The number of nitrogens with one attached hydrogen (secondary N) is 1. The molecule has 1 aliphatic heterocycles. The Morgan fingerprint density at radius 2 is 1.60 bits per heavy atom. The maximum Gasteiger partial charge on any atom is 0.163 e. The second-order valence-electron chi connectivity index (χ2n) is 10.8. The summed E-state index contributed by atoms with van der Waals surface area (Å²) in [6, 6.07) is 27.7. The summed E-state index contributed by atoms with van der Waals surface area (Å²) in [7, 11) is 4.11. The number of hydrogen-bond donors (Lipinski definition) is 1. The van der Waals surface area contributed by atoms with E-state index < -0.39 is 0 Å². The van der Waals surface area contributed by atoms with Crippen LogP contribution in [-0.4, -0.2) is 26.4 Å². The van der Waals surface area contributed by atoms with Crippen LogP contribution in [0.4, 0.5) is 17.1 Å². The Morgan fingerprint density at radius 1 is 0.914 bits per heavy atom. The Kier molecular flexibility index (Phi) is 6.14. The number of para-hydroxylation sites is 2. The fraction of sp³-hybridized carbons (Fsp3) is 0.323. The number of fused-ring (bicyclic) bond motifs is 1. The van der Waals surface area contributed by atoms with Gasteiger partial charge in [-0.15, -0.1) is 0 Å². The highest BCUT2D eigenvalue weighted by molar-refractivity contribution is 6.01. The summed E-state index contributed by atoms with van der Waals surface area (Å²) in [5, 5.41) is 3.71. The zero-order chi connectivity index (χ0) is 24.6. The van der Waals surface area contributed by atoms with E-state index in [0.717, 1.165) is 53.3 Å². The van der Waals surface area contributed by atoms with E-state index in [-0.39, 0.29) is 17.2 Å². The van der Waals surface area contributed by atoms with Crippen LogP contribution in [0.25, 0.3) is 0 Å². The van der Waals surface area contributed by atoms with E-state index in [2.05, 4.69) is 122 Å². The predicted octanol–water partition coefficient (Wildman–Crippen LogP) is 6.61. The van der Waals surface area contributed by atoms with Crippen LogP contribution in [0.15, 0.2) is 90.1 Å². The quantitative estimate of drug-likeness (QED) is 0.460. The van der Waals surface area contributed by atoms with Crippen LogP contribution in [0.5, 0.6) is 0 Å². The van der Waals surface area contributed by atoms with Crippen LogP contribution < -0.4 is 15.1 Å². The van der Waals surface area contributed by atoms with Crippen molar-refractivity contribution in [3.8, 4) is 0 Å². The minimum atomic E-state index is -0.135. The van der Waals surface area contributed by atoms with E-state index in [4.69, 9.17) is 0 Å². The van der Waals surface area contributed by atoms with E-state index in [1.54, 1.807) is 0 Å². The average Bonchev–Trinajstić information content (AvgIpc) is 2.97. The maximum atomic E-state index is 13.8.